The maximum absolute atomic E-state index is 13.6. The van der Waals surface area contributed by atoms with Gasteiger partial charge in [-0.25, -0.2) is 0 Å². The van der Waals surface area contributed by atoms with E-state index in [1.54, 1.807) is 6.08 Å². The van der Waals surface area contributed by atoms with Gasteiger partial charge < -0.3 is 14.8 Å². The second-order valence-electron chi connectivity index (χ2n) is 8.49. The Morgan fingerprint density at radius 2 is 1.52 bits per heavy atom. The Bertz CT molecular complexity index is 1190. The number of nitrogens with one attached hydrogen (secondary N) is 1. The third-order valence-electron chi connectivity index (χ3n) is 5.96. The Morgan fingerprint density at radius 3 is 2.09 bits per heavy atom. The van der Waals surface area contributed by atoms with Crippen LogP contribution in [0.4, 0.5) is 0 Å². The molecule has 0 aliphatic carbocycles. The molecule has 1 aromatic heterocycles. The summed E-state index contributed by atoms with van der Waals surface area (Å²) in [4.78, 5) is 15.8. The summed E-state index contributed by atoms with van der Waals surface area (Å²) in [7, 11) is 4.11. The first-order valence-electron chi connectivity index (χ1n) is 11.4. The van der Waals surface area contributed by atoms with Crippen LogP contribution < -0.4 is 5.32 Å². The monoisotopic (exact) mass is 437 g/mol. The standard InChI is InChI=1S/C29H31N3O/c1-4-19-30-29(33)28-27(24-17-11-12-18-25(24)32(28)21-20-31(2)3)26(22-13-7-5-8-14-22)23-15-9-6-10-16-23/h4-18,26H,1,19-21H2,2-3H3,(H,30,33). The summed E-state index contributed by atoms with van der Waals surface area (Å²) < 4.78 is 2.18. The molecule has 4 nitrogen and oxygen atoms in total. The van der Waals surface area contributed by atoms with Crippen molar-refractivity contribution in [1.29, 1.82) is 0 Å². The molecule has 3 aromatic carbocycles. The van der Waals surface area contributed by atoms with Gasteiger partial charge in [-0.05, 0) is 31.3 Å². The Morgan fingerprint density at radius 1 is 0.939 bits per heavy atom. The molecule has 4 aromatic rings. The molecule has 0 aliphatic heterocycles. The molecule has 0 saturated carbocycles. The first kappa shape index (κ1) is 22.6. The molecular formula is C29H31N3O. The molecule has 1 N–H and O–H groups in total. The Kier molecular flexibility index (Phi) is 7.06. The lowest BCUT2D eigenvalue weighted by atomic mass is 9.83. The highest BCUT2D eigenvalue weighted by Crippen LogP contribution is 2.40. The molecule has 0 spiro atoms. The number of amides is 1. The van der Waals surface area contributed by atoms with E-state index in [2.05, 4.69) is 102 Å². The number of fused-ring (bicyclic) bond motifs is 1. The van der Waals surface area contributed by atoms with Gasteiger partial charge in [0.15, 0.2) is 0 Å². The molecule has 33 heavy (non-hydrogen) atoms. The maximum atomic E-state index is 13.6. The second kappa shape index (κ2) is 10.3. The van der Waals surface area contributed by atoms with Crippen molar-refractivity contribution in [2.75, 3.05) is 27.2 Å². The van der Waals surface area contributed by atoms with Gasteiger partial charge in [-0.3, -0.25) is 4.79 Å². The third kappa shape index (κ3) is 4.76. The summed E-state index contributed by atoms with van der Waals surface area (Å²) in [5.74, 6) is -0.140. The maximum Gasteiger partial charge on any atom is 0.268 e. The van der Waals surface area contributed by atoms with Gasteiger partial charge in [-0.1, -0.05) is 84.9 Å². The number of likely N-dealkylation sites (N-methyl/N-ethyl adjacent to an activating group) is 1. The molecule has 4 rings (SSSR count). The number of hydrogen-bond acceptors (Lipinski definition) is 2. The van der Waals surface area contributed by atoms with Crippen molar-refractivity contribution >= 4 is 16.8 Å². The molecule has 0 unspecified atom stereocenters. The summed E-state index contributed by atoms with van der Waals surface area (Å²) in [5.41, 5.74) is 5.17. The van der Waals surface area contributed by atoms with Crippen LogP contribution in [0.3, 0.4) is 0 Å². The predicted octanol–water partition coefficient (Wildman–Crippen LogP) is 5.30. The molecule has 168 valence electrons. The van der Waals surface area contributed by atoms with Crippen LogP contribution in [0.25, 0.3) is 10.9 Å². The van der Waals surface area contributed by atoms with E-state index in [-0.39, 0.29) is 11.8 Å². The Balaban J connectivity index is 2.03. The molecule has 0 aliphatic rings. The van der Waals surface area contributed by atoms with E-state index >= 15 is 0 Å². The van der Waals surface area contributed by atoms with E-state index < -0.39 is 0 Å². The highest BCUT2D eigenvalue weighted by Gasteiger charge is 2.29. The highest BCUT2D eigenvalue weighted by atomic mass is 16.1. The van der Waals surface area contributed by atoms with E-state index in [0.29, 0.717) is 6.54 Å². The van der Waals surface area contributed by atoms with Gasteiger partial charge in [0, 0.05) is 42.0 Å². The van der Waals surface area contributed by atoms with E-state index in [1.807, 2.05) is 18.2 Å². The van der Waals surface area contributed by atoms with Gasteiger partial charge in [-0.2, -0.15) is 0 Å². The lowest BCUT2D eigenvalue weighted by molar-refractivity contribution is 0.0947. The molecule has 0 atom stereocenters. The first-order valence-corrected chi connectivity index (χ1v) is 11.4. The van der Waals surface area contributed by atoms with E-state index in [0.717, 1.165) is 46.4 Å². The van der Waals surface area contributed by atoms with Gasteiger partial charge in [0.2, 0.25) is 0 Å². The molecule has 1 amide bonds. The molecule has 0 saturated heterocycles. The van der Waals surface area contributed by atoms with E-state index in [1.165, 1.54) is 0 Å². The summed E-state index contributed by atoms with van der Waals surface area (Å²) in [6.07, 6.45) is 1.72. The third-order valence-corrected chi connectivity index (χ3v) is 5.96. The molecule has 0 bridgehead atoms. The van der Waals surface area contributed by atoms with Crippen molar-refractivity contribution in [3.8, 4) is 0 Å². The van der Waals surface area contributed by atoms with Crippen molar-refractivity contribution in [3.05, 3.63) is 120 Å². The first-order chi connectivity index (χ1) is 16.1. The summed E-state index contributed by atoms with van der Waals surface area (Å²) in [5, 5.41) is 4.15. The van der Waals surface area contributed by atoms with Crippen molar-refractivity contribution in [3.63, 3.8) is 0 Å². The number of benzene rings is 3. The number of carbonyl (C=O) groups is 1. The van der Waals surface area contributed by atoms with Crippen LogP contribution in [0.1, 0.15) is 33.1 Å². The SMILES string of the molecule is C=CCNC(=O)c1c(C(c2ccccc2)c2ccccc2)c2ccccc2n1CCN(C)C. The minimum absolute atomic E-state index is 0.0672. The lowest BCUT2D eigenvalue weighted by Crippen LogP contribution is -2.29. The zero-order valence-corrected chi connectivity index (χ0v) is 19.4. The highest BCUT2D eigenvalue weighted by molar-refractivity contribution is 6.03. The van der Waals surface area contributed by atoms with Crippen LogP contribution in [-0.2, 0) is 6.54 Å². The van der Waals surface area contributed by atoms with Gasteiger partial charge in [0.25, 0.3) is 5.91 Å². The number of nitrogens with zero attached hydrogens (tertiary/aromatic N) is 2. The quantitative estimate of drug-likeness (QED) is 0.361. The second-order valence-corrected chi connectivity index (χ2v) is 8.49. The van der Waals surface area contributed by atoms with Crippen LogP contribution in [0.2, 0.25) is 0 Å². The molecular weight excluding hydrogens is 406 g/mol. The topological polar surface area (TPSA) is 37.3 Å². The van der Waals surface area contributed by atoms with Crippen LogP contribution in [0.15, 0.2) is 97.6 Å². The predicted molar refractivity (Wildman–Crippen MR) is 137 cm³/mol. The van der Waals surface area contributed by atoms with E-state index in [4.69, 9.17) is 0 Å². The van der Waals surface area contributed by atoms with Crippen molar-refractivity contribution in [2.24, 2.45) is 0 Å². The van der Waals surface area contributed by atoms with Crippen molar-refractivity contribution in [2.45, 2.75) is 12.5 Å². The minimum Gasteiger partial charge on any atom is -0.347 e. The van der Waals surface area contributed by atoms with Crippen LogP contribution in [0.5, 0.6) is 0 Å². The summed E-state index contributed by atoms with van der Waals surface area (Å²) in [6.45, 7) is 5.76. The fourth-order valence-electron chi connectivity index (χ4n) is 4.46. The smallest absolute Gasteiger partial charge is 0.268 e. The molecule has 0 fully saturated rings. The number of para-hydroxylation sites is 1. The largest absolute Gasteiger partial charge is 0.347 e. The van der Waals surface area contributed by atoms with Gasteiger partial charge in [-0.15, -0.1) is 6.58 Å². The van der Waals surface area contributed by atoms with Crippen LogP contribution in [-0.4, -0.2) is 42.6 Å². The van der Waals surface area contributed by atoms with Gasteiger partial charge in [0.05, 0.1) is 0 Å². The summed E-state index contributed by atoms with van der Waals surface area (Å²) in [6, 6.07) is 29.3. The minimum atomic E-state index is -0.0725. The molecule has 4 heteroatoms. The van der Waals surface area contributed by atoms with Gasteiger partial charge >= 0.3 is 0 Å². The Hall–Kier alpha value is -3.63. The number of carbonyl (C=O) groups excluding carboxylic acids is 1. The van der Waals surface area contributed by atoms with Crippen molar-refractivity contribution in [1.82, 2.24) is 14.8 Å². The van der Waals surface area contributed by atoms with Crippen molar-refractivity contribution < 1.29 is 4.79 Å². The molecule has 0 radical (unpaired) electrons. The van der Waals surface area contributed by atoms with Crippen LogP contribution in [0, 0.1) is 0 Å². The molecule has 1 heterocycles. The number of hydrogen-bond donors (Lipinski definition) is 1. The fraction of sp³-hybridized carbons (Fsp3) is 0.207. The van der Waals surface area contributed by atoms with Gasteiger partial charge in [0.1, 0.15) is 5.69 Å². The fourth-order valence-corrected chi connectivity index (χ4v) is 4.46. The van der Waals surface area contributed by atoms with Crippen LogP contribution >= 0.6 is 0 Å². The Labute approximate surface area is 196 Å². The van der Waals surface area contributed by atoms with E-state index in [9.17, 15) is 4.79 Å². The lowest BCUT2D eigenvalue weighted by Gasteiger charge is -2.21. The number of rotatable bonds is 9. The zero-order chi connectivity index (χ0) is 23.2. The number of aromatic nitrogens is 1. The average Bonchev–Trinajstić information content (AvgIpc) is 3.17. The normalized spacial score (nSPS) is 11.3. The summed E-state index contributed by atoms with van der Waals surface area (Å²) >= 11 is 0. The average molecular weight is 438 g/mol. The zero-order valence-electron chi connectivity index (χ0n) is 19.4.